The summed E-state index contributed by atoms with van der Waals surface area (Å²) >= 11 is 0. The fraction of sp³-hybridized carbons (Fsp3) is 0.462. The zero-order chi connectivity index (χ0) is 12.8. The number of hydrogen-bond donors (Lipinski definition) is 1. The van der Waals surface area contributed by atoms with E-state index in [-0.39, 0.29) is 12.5 Å². The molecule has 1 heterocycles. The van der Waals surface area contributed by atoms with Crippen molar-refractivity contribution < 1.29 is 19.0 Å². The summed E-state index contributed by atoms with van der Waals surface area (Å²) in [5.41, 5.74) is 1.11. The minimum absolute atomic E-state index is 0.0984. The molecule has 1 aromatic rings. The molecule has 0 spiro atoms. The second kappa shape index (κ2) is 6.26. The summed E-state index contributed by atoms with van der Waals surface area (Å²) in [6, 6.07) is 5.84. The quantitative estimate of drug-likeness (QED) is 0.839. The summed E-state index contributed by atoms with van der Waals surface area (Å²) < 4.78 is 15.7. The Hall–Kier alpha value is -1.75. The molecule has 18 heavy (non-hydrogen) atoms. The Balaban J connectivity index is 1.84. The number of rotatable bonds is 5. The zero-order valence-electron chi connectivity index (χ0n) is 10.4. The second-order valence-corrected chi connectivity index (χ2v) is 4.01. The van der Waals surface area contributed by atoms with Crippen LogP contribution in [0.5, 0.6) is 11.5 Å². The van der Waals surface area contributed by atoms with Crippen LogP contribution in [0.3, 0.4) is 0 Å². The SMILES string of the molecule is COCC(=O)NCCc1ccc2c(c1)OCCO2. The number of ether oxygens (including phenoxy) is 3. The summed E-state index contributed by atoms with van der Waals surface area (Å²) in [7, 11) is 1.50. The summed E-state index contributed by atoms with van der Waals surface area (Å²) in [6.07, 6.45) is 0.756. The molecule has 0 saturated heterocycles. The van der Waals surface area contributed by atoms with Crippen molar-refractivity contribution in [1.82, 2.24) is 5.32 Å². The van der Waals surface area contributed by atoms with Gasteiger partial charge in [0.2, 0.25) is 5.91 Å². The highest BCUT2D eigenvalue weighted by Crippen LogP contribution is 2.30. The number of carbonyl (C=O) groups is 1. The van der Waals surface area contributed by atoms with Crippen LogP contribution in [0.1, 0.15) is 5.56 Å². The van der Waals surface area contributed by atoms with E-state index in [1.807, 2.05) is 18.2 Å². The number of methoxy groups -OCH3 is 1. The molecule has 0 unspecified atom stereocenters. The fourth-order valence-corrected chi connectivity index (χ4v) is 1.77. The van der Waals surface area contributed by atoms with Gasteiger partial charge in [-0.2, -0.15) is 0 Å². The molecular weight excluding hydrogens is 234 g/mol. The van der Waals surface area contributed by atoms with Gasteiger partial charge in [-0.05, 0) is 24.1 Å². The van der Waals surface area contributed by atoms with Gasteiger partial charge in [-0.15, -0.1) is 0 Å². The Kier molecular flexibility index (Phi) is 4.41. The summed E-state index contributed by atoms with van der Waals surface area (Å²) in [6.45, 7) is 1.86. The second-order valence-electron chi connectivity index (χ2n) is 4.01. The van der Waals surface area contributed by atoms with Crippen molar-refractivity contribution in [3.63, 3.8) is 0 Å². The number of hydrogen-bond acceptors (Lipinski definition) is 4. The monoisotopic (exact) mass is 251 g/mol. The highest BCUT2D eigenvalue weighted by molar-refractivity contribution is 5.77. The van der Waals surface area contributed by atoms with Crippen molar-refractivity contribution in [1.29, 1.82) is 0 Å². The molecule has 0 aliphatic carbocycles. The molecule has 1 N–H and O–H groups in total. The molecule has 0 atom stereocenters. The van der Waals surface area contributed by atoms with E-state index in [1.54, 1.807) is 0 Å². The molecule has 1 amide bonds. The molecule has 98 valence electrons. The molecule has 1 aliphatic heterocycles. The van der Waals surface area contributed by atoms with Gasteiger partial charge in [-0.25, -0.2) is 0 Å². The Labute approximate surface area is 106 Å². The lowest BCUT2D eigenvalue weighted by Gasteiger charge is -2.18. The maximum Gasteiger partial charge on any atom is 0.245 e. The molecule has 0 fully saturated rings. The van der Waals surface area contributed by atoms with Crippen molar-refractivity contribution in [2.45, 2.75) is 6.42 Å². The van der Waals surface area contributed by atoms with Crippen LogP contribution in [0.4, 0.5) is 0 Å². The van der Waals surface area contributed by atoms with E-state index < -0.39 is 0 Å². The number of amides is 1. The van der Waals surface area contributed by atoms with Gasteiger partial charge in [0.25, 0.3) is 0 Å². The molecule has 0 saturated carbocycles. The molecular formula is C13H17NO4. The Bertz CT molecular complexity index is 419. The molecule has 0 radical (unpaired) electrons. The minimum Gasteiger partial charge on any atom is -0.486 e. The first-order valence-electron chi connectivity index (χ1n) is 5.94. The molecule has 1 aliphatic rings. The smallest absolute Gasteiger partial charge is 0.245 e. The predicted molar refractivity (Wildman–Crippen MR) is 66.0 cm³/mol. The normalized spacial score (nSPS) is 13.2. The lowest BCUT2D eigenvalue weighted by atomic mass is 10.1. The van der Waals surface area contributed by atoms with Crippen molar-refractivity contribution >= 4 is 5.91 Å². The van der Waals surface area contributed by atoms with E-state index >= 15 is 0 Å². The summed E-state index contributed by atoms with van der Waals surface area (Å²) in [4.78, 5) is 11.2. The van der Waals surface area contributed by atoms with Gasteiger partial charge in [0.15, 0.2) is 11.5 Å². The Morgan fingerprint density at radius 1 is 1.33 bits per heavy atom. The van der Waals surface area contributed by atoms with Crippen LogP contribution in [0.15, 0.2) is 18.2 Å². The number of carbonyl (C=O) groups excluding carboxylic acids is 1. The van der Waals surface area contributed by atoms with E-state index in [1.165, 1.54) is 7.11 Å². The van der Waals surface area contributed by atoms with Crippen molar-refractivity contribution in [3.05, 3.63) is 23.8 Å². The topological polar surface area (TPSA) is 56.8 Å². The van der Waals surface area contributed by atoms with E-state index in [0.717, 1.165) is 23.5 Å². The highest BCUT2D eigenvalue weighted by atomic mass is 16.6. The van der Waals surface area contributed by atoms with Gasteiger partial charge >= 0.3 is 0 Å². The first kappa shape index (κ1) is 12.7. The summed E-state index contributed by atoms with van der Waals surface area (Å²) in [5, 5.41) is 2.78. The highest BCUT2D eigenvalue weighted by Gasteiger charge is 2.11. The summed E-state index contributed by atoms with van der Waals surface area (Å²) in [5.74, 6) is 1.46. The van der Waals surface area contributed by atoms with Gasteiger partial charge in [0, 0.05) is 13.7 Å². The minimum atomic E-state index is -0.102. The van der Waals surface area contributed by atoms with Gasteiger partial charge in [0.1, 0.15) is 19.8 Å². The van der Waals surface area contributed by atoms with E-state index in [9.17, 15) is 4.79 Å². The van der Waals surface area contributed by atoms with Crippen molar-refractivity contribution in [2.24, 2.45) is 0 Å². The number of nitrogens with one attached hydrogen (secondary N) is 1. The van der Waals surface area contributed by atoms with Crippen LogP contribution in [0.25, 0.3) is 0 Å². The van der Waals surface area contributed by atoms with Gasteiger partial charge in [-0.1, -0.05) is 6.07 Å². The van der Waals surface area contributed by atoms with Gasteiger partial charge in [0.05, 0.1) is 0 Å². The molecule has 0 bridgehead atoms. The molecule has 2 rings (SSSR count). The van der Waals surface area contributed by atoms with E-state index in [4.69, 9.17) is 14.2 Å². The number of fused-ring (bicyclic) bond motifs is 1. The van der Waals surface area contributed by atoms with Gasteiger partial charge in [-0.3, -0.25) is 4.79 Å². The van der Waals surface area contributed by atoms with E-state index in [2.05, 4.69) is 5.32 Å². The Morgan fingerprint density at radius 2 is 2.11 bits per heavy atom. The van der Waals surface area contributed by atoms with E-state index in [0.29, 0.717) is 19.8 Å². The number of benzene rings is 1. The zero-order valence-corrected chi connectivity index (χ0v) is 10.4. The van der Waals surface area contributed by atoms with Crippen LogP contribution in [0, 0.1) is 0 Å². The van der Waals surface area contributed by atoms with Crippen LogP contribution < -0.4 is 14.8 Å². The molecule has 1 aromatic carbocycles. The molecule has 5 heteroatoms. The fourth-order valence-electron chi connectivity index (χ4n) is 1.77. The lowest BCUT2D eigenvalue weighted by Crippen LogP contribution is -2.29. The maximum absolute atomic E-state index is 11.2. The van der Waals surface area contributed by atoms with Gasteiger partial charge < -0.3 is 19.5 Å². The average Bonchev–Trinajstić information content (AvgIpc) is 2.39. The predicted octanol–water partition coefficient (Wildman–Crippen LogP) is 0.763. The lowest BCUT2D eigenvalue weighted by molar-refractivity contribution is -0.124. The Morgan fingerprint density at radius 3 is 2.89 bits per heavy atom. The van der Waals surface area contributed by atoms with Crippen molar-refractivity contribution in [2.75, 3.05) is 33.5 Å². The molecule has 5 nitrogen and oxygen atoms in total. The average molecular weight is 251 g/mol. The third-order valence-corrected chi connectivity index (χ3v) is 2.62. The van der Waals surface area contributed by atoms with Crippen LogP contribution in [0.2, 0.25) is 0 Å². The van der Waals surface area contributed by atoms with Crippen LogP contribution in [-0.4, -0.2) is 39.4 Å². The maximum atomic E-state index is 11.2. The third-order valence-electron chi connectivity index (χ3n) is 2.62. The standard InChI is InChI=1S/C13H17NO4/c1-16-9-13(15)14-5-4-10-2-3-11-12(8-10)18-7-6-17-11/h2-3,8H,4-7,9H2,1H3,(H,14,15). The first-order chi connectivity index (χ1) is 8.79. The van der Waals surface area contributed by atoms with Crippen molar-refractivity contribution in [3.8, 4) is 11.5 Å². The molecule has 0 aromatic heterocycles. The first-order valence-corrected chi connectivity index (χ1v) is 5.94. The van der Waals surface area contributed by atoms with Crippen LogP contribution >= 0.6 is 0 Å². The van der Waals surface area contributed by atoms with Crippen LogP contribution in [-0.2, 0) is 16.0 Å². The third kappa shape index (κ3) is 3.37. The largest absolute Gasteiger partial charge is 0.486 e.